The molecule has 3 aliphatic rings. The van der Waals surface area contributed by atoms with Gasteiger partial charge < -0.3 is 15.2 Å². The number of alkyl halides is 3. The molecule has 6 nitrogen and oxygen atoms in total. The smallest absolute Gasteiger partial charge is 0.475 e. The number of carboxylic acids is 1. The first-order chi connectivity index (χ1) is 14.7. The van der Waals surface area contributed by atoms with Crippen LogP contribution in [0.1, 0.15) is 31.2 Å². The molecule has 31 heavy (non-hydrogen) atoms. The van der Waals surface area contributed by atoms with Crippen molar-refractivity contribution < 1.29 is 32.6 Å². The third-order valence-electron chi connectivity index (χ3n) is 6.04. The highest BCUT2D eigenvalue weighted by atomic mass is 19.4. The molecular formula is C22H29F3N2O4. The van der Waals surface area contributed by atoms with Crippen molar-refractivity contribution in [3.63, 3.8) is 0 Å². The Kier molecular flexibility index (Phi) is 7.94. The summed E-state index contributed by atoms with van der Waals surface area (Å²) in [6.45, 7) is 4.91. The summed E-state index contributed by atoms with van der Waals surface area (Å²) in [6, 6.07) is 10.7. The summed E-state index contributed by atoms with van der Waals surface area (Å²) in [5.74, 6) is -0.688. The molecule has 3 atom stereocenters. The number of ether oxygens (including phenoxy) is 1. The Morgan fingerprint density at radius 1 is 1.16 bits per heavy atom. The molecule has 1 aromatic carbocycles. The first-order valence-electron chi connectivity index (χ1n) is 10.7. The van der Waals surface area contributed by atoms with E-state index in [2.05, 4.69) is 40.5 Å². The van der Waals surface area contributed by atoms with Crippen LogP contribution in [-0.2, 0) is 20.9 Å². The summed E-state index contributed by atoms with van der Waals surface area (Å²) < 4.78 is 37.7. The van der Waals surface area contributed by atoms with E-state index in [9.17, 15) is 18.0 Å². The number of fused-ring (bicyclic) bond motifs is 1. The zero-order valence-electron chi connectivity index (χ0n) is 17.3. The van der Waals surface area contributed by atoms with Gasteiger partial charge in [0.1, 0.15) is 0 Å². The minimum absolute atomic E-state index is 0.132. The Morgan fingerprint density at radius 3 is 2.45 bits per heavy atom. The molecular weight excluding hydrogens is 413 g/mol. The van der Waals surface area contributed by atoms with E-state index in [0.717, 1.165) is 45.1 Å². The fraction of sp³-hybridized carbons (Fsp3) is 0.636. The molecule has 0 unspecified atom stereocenters. The zero-order chi connectivity index (χ0) is 22.4. The second-order valence-electron chi connectivity index (χ2n) is 8.56. The molecule has 0 spiro atoms. The Balaban J connectivity index is 0.000000339. The number of aliphatic carboxylic acids is 1. The molecule has 0 bridgehead atoms. The summed E-state index contributed by atoms with van der Waals surface area (Å²) in [5, 5.41) is 10.2. The number of piperidine rings is 1. The number of hydrogen-bond donors (Lipinski definition) is 2. The fourth-order valence-electron chi connectivity index (χ4n) is 4.19. The number of nitrogens with zero attached hydrogens (tertiary/aromatic N) is 1. The van der Waals surface area contributed by atoms with Crippen LogP contribution in [-0.4, -0.2) is 60.4 Å². The van der Waals surface area contributed by atoms with Gasteiger partial charge in [0.2, 0.25) is 5.91 Å². The highest BCUT2D eigenvalue weighted by Gasteiger charge is 2.41. The Bertz CT molecular complexity index is 740. The second kappa shape index (κ2) is 10.5. The highest BCUT2D eigenvalue weighted by Crippen LogP contribution is 2.36. The fourth-order valence-corrected chi connectivity index (χ4v) is 4.19. The SMILES string of the molecule is O=C(C[C@@H]1OC[C@H]2CN(Cc3ccccc3)CC[C@H]21)NCC1CC1.O=C(O)C(F)(F)F. The van der Waals surface area contributed by atoms with Gasteiger partial charge in [-0.05, 0) is 43.2 Å². The molecule has 2 N–H and O–H groups in total. The Morgan fingerprint density at radius 2 is 1.84 bits per heavy atom. The van der Waals surface area contributed by atoms with E-state index >= 15 is 0 Å². The monoisotopic (exact) mass is 442 g/mol. The summed E-state index contributed by atoms with van der Waals surface area (Å²) in [6.07, 6.45) is -0.692. The van der Waals surface area contributed by atoms with Crippen molar-refractivity contribution in [2.75, 3.05) is 26.2 Å². The molecule has 1 saturated carbocycles. The predicted octanol–water partition coefficient (Wildman–Crippen LogP) is 3.07. The summed E-state index contributed by atoms with van der Waals surface area (Å²) in [7, 11) is 0. The summed E-state index contributed by atoms with van der Waals surface area (Å²) in [4.78, 5) is 23.5. The second-order valence-corrected chi connectivity index (χ2v) is 8.56. The molecule has 1 aliphatic carbocycles. The molecule has 0 radical (unpaired) electrons. The van der Waals surface area contributed by atoms with Crippen molar-refractivity contribution in [2.45, 2.75) is 44.5 Å². The average Bonchev–Trinajstić information content (AvgIpc) is 3.48. The number of carbonyl (C=O) groups excluding carboxylic acids is 1. The van der Waals surface area contributed by atoms with E-state index in [1.54, 1.807) is 0 Å². The summed E-state index contributed by atoms with van der Waals surface area (Å²) in [5.41, 5.74) is 1.38. The molecule has 2 saturated heterocycles. The van der Waals surface area contributed by atoms with E-state index < -0.39 is 12.1 Å². The Hall–Kier alpha value is -2.13. The molecule has 1 aromatic rings. The molecule has 3 fully saturated rings. The van der Waals surface area contributed by atoms with Gasteiger partial charge in [-0.25, -0.2) is 4.79 Å². The van der Waals surface area contributed by atoms with Crippen molar-refractivity contribution in [2.24, 2.45) is 17.8 Å². The lowest BCUT2D eigenvalue weighted by Crippen LogP contribution is -2.42. The van der Waals surface area contributed by atoms with Gasteiger partial charge in [-0.3, -0.25) is 9.69 Å². The van der Waals surface area contributed by atoms with E-state index in [4.69, 9.17) is 14.6 Å². The van der Waals surface area contributed by atoms with Crippen molar-refractivity contribution in [1.82, 2.24) is 10.2 Å². The van der Waals surface area contributed by atoms with Gasteiger partial charge in [-0.15, -0.1) is 0 Å². The molecule has 4 rings (SSSR count). The largest absolute Gasteiger partial charge is 0.490 e. The lowest BCUT2D eigenvalue weighted by Gasteiger charge is -2.35. The number of hydrogen-bond acceptors (Lipinski definition) is 4. The number of likely N-dealkylation sites (tertiary alicyclic amines) is 1. The predicted molar refractivity (Wildman–Crippen MR) is 107 cm³/mol. The van der Waals surface area contributed by atoms with Crippen molar-refractivity contribution >= 4 is 11.9 Å². The van der Waals surface area contributed by atoms with E-state index in [1.165, 1.54) is 18.4 Å². The van der Waals surface area contributed by atoms with Gasteiger partial charge in [0.25, 0.3) is 0 Å². The maximum absolute atomic E-state index is 12.1. The number of halogens is 3. The van der Waals surface area contributed by atoms with E-state index in [0.29, 0.717) is 18.3 Å². The number of nitrogens with one attached hydrogen (secondary N) is 1. The van der Waals surface area contributed by atoms with Crippen molar-refractivity contribution in [3.05, 3.63) is 35.9 Å². The van der Waals surface area contributed by atoms with Crippen molar-refractivity contribution in [3.8, 4) is 0 Å². The first-order valence-corrected chi connectivity index (χ1v) is 10.7. The number of carbonyl (C=O) groups is 2. The average molecular weight is 442 g/mol. The van der Waals surface area contributed by atoms with Gasteiger partial charge in [-0.1, -0.05) is 30.3 Å². The number of carboxylic acid groups (broad SMARTS) is 1. The van der Waals surface area contributed by atoms with Crippen LogP contribution in [0.25, 0.3) is 0 Å². The lowest BCUT2D eigenvalue weighted by atomic mass is 9.83. The van der Waals surface area contributed by atoms with Crippen LogP contribution < -0.4 is 5.32 Å². The van der Waals surface area contributed by atoms with Gasteiger partial charge >= 0.3 is 12.1 Å². The minimum atomic E-state index is -5.08. The maximum Gasteiger partial charge on any atom is 0.490 e. The molecule has 2 aliphatic heterocycles. The molecule has 2 heterocycles. The maximum atomic E-state index is 12.1. The number of amides is 1. The van der Waals surface area contributed by atoms with Crippen LogP contribution in [0.4, 0.5) is 13.2 Å². The topological polar surface area (TPSA) is 78.9 Å². The van der Waals surface area contributed by atoms with E-state index in [1.807, 2.05) is 0 Å². The van der Waals surface area contributed by atoms with Crippen LogP contribution >= 0.6 is 0 Å². The normalized spacial score (nSPS) is 25.8. The van der Waals surface area contributed by atoms with E-state index in [-0.39, 0.29) is 12.0 Å². The summed E-state index contributed by atoms with van der Waals surface area (Å²) >= 11 is 0. The van der Waals surface area contributed by atoms with Crippen LogP contribution in [0.3, 0.4) is 0 Å². The first kappa shape index (κ1) is 23.5. The standard InChI is InChI=1S/C20H28N2O2.C2HF3O2/c23-20(21-11-15-6-7-15)10-19-18-8-9-22(13-17(18)14-24-19)12-16-4-2-1-3-5-16;3-2(4,5)1(6)7/h1-5,15,17-19H,6-14H2,(H,21,23);(H,6,7)/t17-,18-,19+;/m1./s1. The Labute approximate surface area is 179 Å². The third-order valence-corrected chi connectivity index (χ3v) is 6.04. The molecule has 0 aromatic heterocycles. The quantitative estimate of drug-likeness (QED) is 0.708. The zero-order valence-corrected chi connectivity index (χ0v) is 17.3. The van der Waals surface area contributed by atoms with Crippen LogP contribution in [0, 0.1) is 17.8 Å². The van der Waals surface area contributed by atoms with Gasteiger partial charge in [0.15, 0.2) is 0 Å². The number of rotatable bonds is 6. The lowest BCUT2D eigenvalue weighted by molar-refractivity contribution is -0.192. The van der Waals surface area contributed by atoms with Crippen LogP contribution in [0.5, 0.6) is 0 Å². The van der Waals surface area contributed by atoms with Gasteiger partial charge in [0.05, 0.1) is 19.1 Å². The number of benzene rings is 1. The van der Waals surface area contributed by atoms with Crippen LogP contribution in [0.15, 0.2) is 30.3 Å². The van der Waals surface area contributed by atoms with Crippen LogP contribution in [0.2, 0.25) is 0 Å². The van der Waals surface area contributed by atoms with Gasteiger partial charge in [-0.2, -0.15) is 13.2 Å². The molecule has 1 amide bonds. The third kappa shape index (κ3) is 7.50. The highest BCUT2D eigenvalue weighted by molar-refractivity contribution is 5.76. The minimum Gasteiger partial charge on any atom is -0.475 e. The molecule has 9 heteroatoms. The van der Waals surface area contributed by atoms with Crippen molar-refractivity contribution in [1.29, 1.82) is 0 Å². The molecule has 172 valence electrons. The van der Waals surface area contributed by atoms with Gasteiger partial charge in [0, 0.05) is 25.6 Å².